The van der Waals surface area contributed by atoms with Crippen molar-refractivity contribution < 1.29 is 4.79 Å². The molecule has 19 heavy (non-hydrogen) atoms. The van der Waals surface area contributed by atoms with Crippen molar-refractivity contribution in [2.75, 3.05) is 10.7 Å². The third kappa shape index (κ3) is 3.08. The van der Waals surface area contributed by atoms with Crippen molar-refractivity contribution in [2.24, 2.45) is 5.84 Å². The lowest BCUT2D eigenvalue weighted by Gasteiger charge is -2.10. The Morgan fingerprint density at radius 1 is 1.21 bits per heavy atom. The molecule has 0 fully saturated rings. The van der Waals surface area contributed by atoms with Crippen LogP contribution in [0.2, 0.25) is 0 Å². The van der Waals surface area contributed by atoms with Crippen LogP contribution in [0.5, 0.6) is 0 Å². The molecule has 0 spiro atoms. The summed E-state index contributed by atoms with van der Waals surface area (Å²) in [6.45, 7) is 3.98. The molecule has 5 nitrogen and oxygen atoms in total. The van der Waals surface area contributed by atoms with Gasteiger partial charge in [-0.1, -0.05) is 6.07 Å². The zero-order valence-electron chi connectivity index (χ0n) is 10.9. The second-order valence-electron chi connectivity index (χ2n) is 4.40. The van der Waals surface area contributed by atoms with Crippen LogP contribution >= 0.6 is 0 Å². The molecular weight excluding hydrogens is 240 g/mol. The number of anilines is 2. The molecule has 0 unspecified atom stereocenters. The number of carbonyl (C=O) groups is 1. The highest BCUT2D eigenvalue weighted by Crippen LogP contribution is 2.17. The number of benzene rings is 1. The normalized spacial score (nSPS) is 10.1. The molecule has 98 valence electrons. The van der Waals surface area contributed by atoms with Gasteiger partial charge in [-0.05, 0) is 43.2 Å². The minimum Gasteiger partial charge on any atom is -0.322 e. The quantitative estimate of drug-likeness (QED) is 0.581. The summed E-state index contributed by atoms with van der Waals surface area (Å²) in [5, 5.41) is 2.85. The fraction of sp³-hybridized carbons (Fsp3) is 0.143. The van der Waals surface area contributed by atoms with Gasteiger partial charge in [-0.2, -0.15) is 0 Å². The summed E-state index contributed by atoms with van der Waals surface area (Å²) in [7, 11) is 0. The number of hydrogen-bond donors (Lipinski definition) is 3. The summed E-state index contributed by atoms with van der Waals surface area (Å²) in [5.41, 5.74) is 6.37. The second kappa shape index (κ2) is 5.49. The maximum Gasteiger partial charge on any atom is 0.257 e. The van der Waals surface area contributed by atoms with E-state index in [2.05, 4.69) is 21.8 Å². The highest BCUT2D eigenvalue weighted by atomic mass is 16.1. The third-order valence-corrected chi connectivity index (χ3v) is 2.70. The fourth-order valence-electron chi connectivity index (χ4n) is 1.95. The maximum atomic E-state index is 12.2. The smallest absolute Gasteiger partial charge is 0.257 e. The van der Waals surface area contributed by atoms with Crippen LogP contribution in [0, 0.1) is 13.8 Å². The molecule has 4 N–H and O–H groups in total. The first-order valence-electron chi connectivity index (χ1n) is 5.90. The highest BCUT2D eigenvalue weighted by molar-refractivity contribution is 6.07. The number of nitrogens with one attached hydrogen (secondary N) is 2. The molecule has 0 saturated carbocycles. The van der Waals surface area contributed by atoms with Crippen molar-refractivity contribution >= 4 is 17.3 Å². The molecule has 0 saturated heterocycles. The standard InChI is InChI=1S/C14H16N4O/c1-9-5-10(2)7-11(6-9)17-14(19)12-3-4-16-8-13(12)18-15/h3-8,18H,15H2,1-2H3,(H,17,19). The summed E-state index contributed by atoms with van der Waals surface area (Å²) >= 11 is 0. The molecule has 0 bridgehead atoms. The summed E-state index contributed by atoms with van der Waals surface area (Å²) in [6, 6.07) is 7.51. The monoisotopic (exact) mass is 256 g/mol. The van der Waals surface area contributed by atoms with E-state index >= 15 is 0 Å². The largest absolute Gasteiger partial charge is 0.322 e. The van der Waals surface area contributed by atoms with Crippen molar-refractivity contribution in [3.8, 4) is 0 Å². The molecule has 1 aromatic carbocycles. The Balaban J connectivity index is 2.25. The average molecular weight is 256 g/mol. The Kier molecular flexibility index (Phi) is 3.77. The van der Waals surface area contributed by atoms with Crippen LogP contribution in [-0.2, 0) is 0 Å². The molecule has 0 radical (unpaired) electrons. The van der Waals surface area contributed by atoms with Crippen LogP contribution in [0.1, 0.15) is 21.5 Å². The van der Waals surface area contributed by atoms with E-state index in [0.29, 0.717) is 11.3 Å². The molecule has 1 amide bonds. The van der Waals surface area contributed by atoms with Gasteiger partial charge < -0.3 is 10.7 Å². The Bertz CT molecular complexity index is 590. The Hall–Kier alpha value is -2.40. The first kappa shape index (κ1) is 13.0. The van der Waals surface area contributed by atoms with E-state index < -0.39 is 0 Å². The molecule has 1 aromatic heterocycles. The van der Waals surface area contributed by atoms with Crippen LogP contribution in [0.3, 0.4) is 0 Å². The Labute approximate surface area is 111 Å². The van der Waals surface area contributed by atoms with Crippen LogP contribution < -0.4 is 16.6 Å². The molecule has 2 rings (SSSR count). The summed E-state index contributed by atoms with van der Waals surface area (Å²) in [6.07, 6.45) is 3.06. The average Bonchev–Trinajstić information content (AvgIpc) is 2.37. The molecular formula is C14H16N4O. The first-order chi connectivity index (χ1) is 9.10. The minimum atomic E-state index is -0.222. The van der Waals surface area contributed by atoms with Gasteiger partial charge in [-0.15, -0.1) is 0 Å². The van der Waals surface area contributed by atoms with Gasteiger partial charge in [-0.3, -0.25) is 15.6 Å². The maximum absolute atomic E-state index is 12.2. The van der Waals surface area contributed by atoms with Gasteiger partial charge in [0.1, 0.15) is 0 Å². The predicted octanol–water partition coefficient (Wildman–Crippen LogP) is 2.24. The lowest BCUT2D eigenvalue weighted by atomic mass is 10.1. The van der Waals surface area contributed by atoms with Crippen LogP contribution in [0.15, 0.2) is 36.7 Å². The van der Waals surface area contributed by atoms with Gasteiger partial charge in [0.15, 0.2) is 0 Å². The number of nitrogens with zero attached hydrogens (tertiary/aromatic N) is 1. The fourth-order valence-corrected chi connectivity index (χ4v) is 1.95. The topological polar surface area (TPSA) is 80.0 Å². The molecule has 0 aliphatic heterocycles. The van der Waals surface area contributed by atoms with Crippen LogP contribution in [0.25, 0.3) is 0 Å². The number of amides is 1. The zero-order valence-corrected chi connectivity index (χ0v) is 10.9. The van der Waals surface area contributed by atoms with Gasteiger partial charge in [0.05, 0.1) is 17.4 Å². The molecule has 0 aliphatic carbocycles. The number of hydrogen-bond acceptors (Lipinski definition) is 4. The van der Waals surface area contributed by atoms with Gasteiger partial charge in [-0.25, -0.2) is 0 Å². The van der Waals surface area contributed by atoms with Gasteiger partial charge in [0.25, 0.3) is 5.91 Å². The number of pyridine rings is 1. The van der Waals surface area contributed by atoms with E-state index in [1.54, 1.807) is 12.3 Å². The van der Waals surface area contributed by atoms with Crippen molar-refractivity contribution in [1.82, 2.24) is 4.98 Å². The number of nitrogens with two attached hydrogens (primary N) is 1. The SMILES string of the molecule is Cc1cc(C)cc(NC(=O)c2ccncc2NN)c1. The van der Waals surface area contributed by atoms with Crippen molar-refractivity contribution in [3.63, 3.8) is 0 Å². The van der Waals surface area contributed by atoms with E-state index in [1.165, 1.54) is 6.20 Å². The number of hydrazine groups is 1. The van der Waals surface area contributed by atoms with E-state index in [1.807, 2.05) is 26.0 Å². The second-order valence-corrected chi connectivity index (χ2v) is 4.40. The number of carbonyl (C=O) groups excluding carboxylic acids is 1. The van der Waals surface area contributed by atoms with Gasteiger partial charge in [0.2, 0.25) is 0 Å². The molecule has 0 atom stereocenters. The van der Waals surface area contributed by atoms with Gasteiger partial charge in [0, 0.05) is 11.9 Å². The molecule has 0 aliphatic rings. The summed E-state index contributed by atoms with van der Waals surface area (Å²) in [4.78, 5) is 16.1. The van der Waals surface area contributed by atoms with E-state index in [0.717, 1.165) is 16.8 Å². The lowest BCUT2D eigenvalue weighted by Crippen LogP contribution is -2.17. The lowest BCUT2D eigenvalue weighted by molar-refractivity contribution is 0.102. The van der Waals surface area contributed by atoms with Crippen molar-refractivity contribution in [2.45, 2.75) is 13.8 Å². The van der Waals surface area contributed by atoms with E-state index in [9.17, 15) is 4.79 Å². The van der Waals surface area contributed by atoms with Gasteiger partial charge >= 0.3 is 0 Å². The van der Waals surface area contributed by atoms with Crippen molar-refractivity contribution in [3.05, 3.63) is 53.3 Å². The number of aromatic nitrogens is 1. The summed E-state index contributed by atoms with van der Waals surface area (Å²) in [5.74, 6) is 5.14. The summed E-state index contributed by atoms with van der Waals surface area (Å²) < 4.78 is 0. The minimum absolute atomic E-state index is 0.222. The van der Waals surface area contributed by atoms with Crippen molar-refractivity contribution in [1.29, 1.82) is 0 Å². The Morgan fingerprint density at radius 2 is 1.89 bits per heavy atom. The number of rotatable bonds is 3. The van der Waals surface area contributed by atoms with Crippen LogP contribution in [-0.4, -0.2) is 10.9 Å². The van der Waals surface area contributed by atoms with E-state index in [4.69, 9.17) is 5.84 Å². The highest BCUT2D eigenvalue weighted by Gasteiger charge is 2.11. The number of nitrogen functional groups attached to an aromatic ring is 1. The van der Waals surface area contributed by atoms with Crippen LogP contribution in [0.4, 0.5) is 11.4 Å². The Morgan fingerprint density at radius 3 is 2.53 bits per heavy atom. The molecule has 2 aromatic rings. The number of aryl methyl sites for hydroxylation is 2. The molecule has 1 heterocycles. The zero-order chi connectivity index (χ0) is 13.8. The van der Waals surface area contributed by atoms with E-state index in [-0.39, 0.29) is 5.91 Å². The third-order valence-electron chi connectivity index (χ3n) is 2.70. The first-order valence-corrected chi connectivity index (χ1v) is 5.90. The molecule has 5 heteroatoms. The predicted molar refractivity (Wildman–Crippen MR) is 75.9 cm³/mol.